The van der Waals surface area contributed by atoms with Crippen molar-refractivity contribution in [1.29, 1.82) is 0 Å². The number of hydrogen-bond acceptors (Lipinski definition) is 7. The molecule has 1 saturated heterocycles. The number of ether oxygens (including phenoxy) is 1. The van der Waals surface area contributed by atoms with E-state index in [4.69, 9.17) is 4.74 Å². The first-order valence-corrected chi connectivity index (χ1v) is 9.20. The average molecular weight is 388 g/mol. The lowest BCUT2D eigenvalue weighted by Gasteiger charge is -2.36. The van der Waals surface area contributed by atoms with E-state index in [1.807, 2.05) is 18.2 Å². The van der Waals surface area contributed by atoms with E-state index >= 15 is 0 Å². The second-order valence-corrected chi connectivity index (χ2v) is 6.93. The Morgan fingerprint density at radius 1 is 1.43 bits per heavy atom. The first-order chi connectivity index (χ1) is 13.6. The number of amides is 2. The van der Waals surface area contributed by atoms with Gasteiger partial charge in [-0.1, -0.05) is 0 Å². The number of aliphatic hydroxyl groups is 1. The predicted octanol–water partition coefficient (Wildman–Crippen LogP) is 2.57. The number of aromatic nitrogens is 1. The molecule has 1 aromatic carbocycles. The molecule has 3 N–H and O–H groups in total. The van der Waals surface area contributed by atoms with Crippen LogP contribution in [0.3, 0.4) is 0 Å². The number of aromatic hydroxyl groups is 1. The van der Waals surface area contributed by atoms with Gasteiger partial charge in [0.05, 0.1) is 24.5 Å². The van der Waals surface area contributed by atoms with E-state index in [2.05, 4.69) is 15.5 Å². The maximum atomic E-state index is 11.5. The zero-order chi connectivity index (χ0) is 20.1. The van der Waals surface area contributed by atoms with Crippen molar-refractivity contribution >= 4 is 22.6 Å². The fourth-order valence-corrected chi connectivity index (χ4v) is 3.76. The molecule has 2 amide bonds. The van der Waals surface area contributed by atoms with E-state index in [0.29, 0.717) is 37.5 Å². The molecular weight excluding hydrogens is 364 g/mol. The minimum Gasteiger partial charge on any atom is -0.504 e. The highest BCUT2D eigenvalue weighted by atomic mass is 16.5. The molecule has 2 heterocycles. The van der Waals surface area contributed by atoms with E-state index in [1.165, 1.54) is 11.1 Å². The lowest BCUT2D eigenvalue weighted by molar-refractivity contribution is 0.0872. The van der Waals surface area contributed by atoms with Crippen molar-refractivity contribution in [2.75, 3.05) is 38.7 Å². The summed E-state index contributed by atoms with van der Waals surface area (Å²) in [6.07, 6.45) is 2.84. The summed E-state index contributed by atoms with van der Waals surface area (Å²) in [4.78, 5) is 27.5. The number of likely N-dealkylation sites (tertiary alicyclic amines) is 1. The minimum atomic E-state index is -0.780. The fourth-order valence-electron chi connectivity index (χ4n) is 3.76. The van der Waals surface area contributed by atoms with Gasteiger partial charge in [0.15, 0.2) is 5.75 Å². The van der Waals surface area contributed by atoms with Crippen LogP contribution in [0.5, 0.6) is 11.5 Å². The number of carbonyl (C=O) groups is 1. The lowest BCUT2D eigenvalue weighted by Crippen LogP contribution is -2.44. The highest BCUT2D eigenvalue weighted by Crippen LogP contribution is 2.34. The molecule has 1 aliphatic rings. The summed E-state index contributed by atoms with van der Waals surface area (Å²) in [7, 11) is 1.58. The maximum Gasteiger partial charge on any atom is 0.381 e. The first kappa shape index (κ1) is 19.8. The minimum absolute atomic E-state index is 0.0527. The monoisotopic (exact) mass is 388 g/mol. The Kier molecular flexibility index (Phi) is 6.25. The Balaban J connectivity index is 1.67. The van der Waals surface area contributed by atoms with E-state index in [9.17, 15) is 19.9 Å². The Bertz CT molecular complexity index is 860. The number of anilines is 1. The summed E-state index contributed by atoms with van der Waals surface area (Å²) in [5.41, 5.74) is 1.32. The van der Waals surface area contributed by atoms with E-state index in [0.717, 1.165) is 17.3 Å². The summed E-state index contributed by atoms with van der Waals surface area (Å²) in [6.45, 7) is 1.29. The summed E-state index contributed by atoms with van der Waals surface area (Å²) >= 11 is 0. The van der Waals surface area contributed by atoms with Crippen molar-refractivity contribution in [2.45, 2.75) is 12.8 Å². The molecule has 3 rings (SSSR count). The number of urea groups is 1. The molecule has 0 spiro atoms. The summed E-state index contributed by atoms with van der Waals surface area (Å²) in [6, 6.07) is 4.68. The Morgan fingerprint density at radius 3 is 2.96 bits per heavy atom. The molecule has 9 nitrogen and oxygen atoms in total. The number of nitroso groups, excluding NO2 is 1. The number of benzene rings is 1. The van der Waals surface area contributed by atoms with Crippen molar-refractivity contribution in [2.24, 2.45) is 17.0 Å². The van der Waals surface area contributed by atoms with Crippen molar-refractivity contribution in [3.8, 4) is 11.5 Å². The van der Waals surface area contributed by atoms with Gasteiger partial charge >= 0.3 is 6.03 Å². The second kappa shape index (κ2) is 8.83. The molecule has 0 aliphatic carbocycles. The van der Waals surface area contributed by atoms with Crippen LogP contribution in [0, 0.1) is 16.7 Å². The average Bonchev–Trinajstić information content (AvgIpc) is 2.74. The van der Waals surface area contributed by atoms with Crippen molar-refractivity contribution in [3.63, 3.8) is 0 Å². The molecule has 150 valence electrons. The molecule has 1 aliphatic heterocycles. The third-order valence-corrected chi connectivity index (χ3v) is 5.35. The van der Waals surface area contributed by atoms with Crippen LogP contribution in [0.1, 0.15) is 12.8 Å². The number of aliphatic hydroxyl groups excluding tert-OH is 1. The number of piperidine rings is 1. The van der Waals surface area contributed by atoms with Crippen LogP contribution in [-0.2, 0) is 0 Å². The number of nitrogens with zero attached hydrogens (tertiary/aromatic N) is 3. The van der Waals surface area contributed by atoms with Crippen molar-refractivity contribution in [1.82, 2.24) is 9.88 Å². The lowest BCUT2D eigenvalue weighted by atomic mass is 9.83. The number of methoxy groups -OCH3 is 1. The second-order valence-electron chi connectivity index (χ2n) is 6.93. The highest BCUT2D eigenvalue weighted by Gasteiger charge is 2.31. The third-order valence-electron chi connectivity index (χ3n) is 5.35. The van der Waals surface area contributed by atoms with E-state index in [1.54, 1.807) is 7.11 Å². The summed E-state index contributed by atoms with van der Waals surface area (Å²) < 4.78 is 5.26. The first-order valence-electron chi connectivity index (χ1n) is 9.20. The molecule has 1 unspecified atom stereocenters. The third kappa shape index (κ3) is 4.14. The number of hydrogen-bond donors (Lipinski definition) is 3. The molecule has 1 aromatic heterocycles. The zero-order valence-electron chi connectivity index (χ0n) is 15.7. The van der Waals surface area contributed by atoms with Gasteiger partial charge in [0.2, 0.25) is 0 Å². The van der Waals surface area contributed by atoms with Crippen molar-refractivity contribution in [3.05, 3.63) is 29.3 Å². The molecule has 0 bridgehead atoms. The quantitative estimate of drug-likeness (QED) is 0.650. The van der Waals surface area contributed by atoms with Crippen LogP contribution in [0.15, 0.2) is 29.6 Å². The SMILES string of the molecule is COc1ccc2ncc(O)c(NCCC3CCN(C(=O)N=O)C[C@@H]3CO)c2c1. The van der Waals surface area contributed by atoms with Gasteiger partial charge < -0.3 is 25.2 Å². The number of nitrogens with one attached hydrogen (secondary N) is 1. The Morgan fingerprint density at radius 2 is 2.25 bits per heavy atom. The number of carbonyl (C=O) groups excluding carboxylic acids is 1. The van der Waals surface area contributed by atoms with Gasteiger partial charge in [0.1, 0.15) is 5.75 Å². The number of pyridine rings is 1. The number of fused-ring (bicyclic) bond motifs is 1. The summed E-state index contributed by atoms with van der Waals surface area (Å²) in [5.74, 6) is 0.808. The normalized spacial score (nSPS) is 19.4. The van der Waals surface area contributed by atoms with Crippen LogP contribution in [0.2, 0.25) is 0 Å². The molecule has 28 heavy (non-hydrogen) atoms. The highest BCUT2D eigenvalue weighted by molar-refractivity contribution is 5.95. The van der Waals surface area contributed by atoms with Gasteiger partial charge in [-0.05, 0) is 37.0 Å². The van der Waals surface area contributed by atoms with Crippen molar-refractivity contribution < 1.29 is 19.7 Å². The van der Waals surface area contributed by atoms with Crippen LogP contribution >= 0.6 is 0 Å². The van der Waals surface area contributed by atoms with Gasteiger partial charge in [-0.2, -0.15) is 0 Å². The summed E-state index contributed by atoms with van der Waals surface area (Å²) in [5, 5.41) is 26.4. The molecular formula is C19H24N4O5. The smallest absolute Gasteiger partial charge is 0.381 e. The van der Waals surface area contributed by atoms with Gasteiger partial charge in [-0.15, -0.1) is 4.91 Å². The molecule has 1 fully saturated rings. The topological polar surface area (TPSA) is 124 Å². The van der Waals surface area contributed by atoms with Crippen LogP contribution < -0.4 is 10.1 Å². The van der Waals surface area contributed by atoms with E-state index < -0.39 is 6.03 Å². The maximum absolute atomic E-state index is 11.5. The Labute approximate surface area is 162 Å². The molecule has 9 heteroatoms. The largest absolute Gasteiger partial charge is 0.504 e. The van der Waals surface area contributed by atoms with E-state index in [-0.39, 0.29) is 24.2 Å². The molecule has 0 saturated carbocycles. The van der Waals surface area contributed by atoms with Gasteiger partial charge in [-0.25, -0.2) is 4.79 Å². The van der Waals surface area contributed by atoms with Gasteiger partial charge in [0, 0.05) is 42.7 Å². The molecule has 0 radical (unpaired) electrons. The molecule has 2 atom stereocenters. The van der Waals surface area contributed by atoms with Crippen LogP contribution in [-0.4, -0.2) is 59.5 Å². The van der Waals surface area contributed by atoms with Crippen LogP contribution in [0.4, 0.5) is 10.5 Å². The Hall–Kier alpha value is -2.94. The van der Waals surface area contributed by atoms with Gasteiger partial charge in [0.25, 0.3) is 0 Å². The number of rotatable bonds is 6. The van der Waals surface area contributed by atoms with Crippen LogP contribution in [0.25, 0.3) is 10.9 Å². The fraction of sp³-hybridized carbons (Fsp3) is 0.474. The van der Waals surface area contributed by atoms with Gasteiger partial charge in [-0.3, -0.25) is 4.98 Å². The standard InChI is InChI=1S/C19H24N4O5/c1-28-14-2-3-16-15(8-14)18(17(25)9-21-16)20-6-4-12-5-7-23(19(26)22-27)10-13(12)11-24/h2-3,8-9,12-13,24-25H,4-7,10-11H2,1H3,(H,20,21)/t12?,13-/m1/s1. The predicted molar refractivity (Wildman–Crippen MR) is 105 cm³/mol. The molecule has 2 aromatic rings. The zero-order valence-corrected chi connectivity index (χ0v) is 15.7.